The predicted octanol–water partition coefficient (Wildman–Crippen LogP) is -0.661. The van der Waals surface area contributed by atoms with E-state index in [1.165, 1.54) is 19.1 Å². The van der Waals surface area contributed by atoms with Crippen LogP contribution in [0.2, 0.25) is 0 Å². The zero-order chi connectivity index (χ0) is 18.6. The van der Waals surface area contributed by atoms with Gasteiger partial charge in [0, 0.05) is 12.1 Å². The highest BCUT2D eigenvalue weighted by molar-refractivity contribution is 7.91. The largest absolute Gasteiger partial charge is 0.493 e. The number of aliphatic hydroxyl groups excluding tert-OH is 2. The minimum absolute atomic E-state index is 0.0935. The molecule has 9 heteroatoms. The molecule has 0 aliphatic carbocycles. The Bertz CT molecular complexity index is 719. The molecular formula is C16H23NO7S. The second-order valence-corrected chi connectivity index (χ2v) is 8.05. The van der Waals surface area contributed by atoms with Gasteiger partial charge in [-0.15, -0.1) is 0 Å². The van der Waals surface area contributed by atoms with Crippen molar-refractivity contribution in [2.75, 3.05) is 45.4 Å². The Hall–Kier alpha value is -1.68. The molecule has 0 bridgehead atoms. The van der Waals surface area contributed by atoms with Gasteiger partial charge in [-0.3, -0.25) is 9.69 Å². The van der Waals surface area contributed by atoms with Crippen molar-refractivity contribution in [2.45, 2.75) is 12.1 Å². The first-order valence-corrected chi connectivity index (χ1v) is 9.62. The van der Waals surface area contributed by atoms with Crippen molar-refractivity contribution in [3.8, 4) is 11.5 Å². The Kier molecular flexibility index (Phi) is 6.39. The molecule has 1 fully saturated rings. The number of benzene rings is 1. The Morgan fingerprint density at radius 2 is 1.92 bits per heavy atom. The van der Waals surface area contributed by atoms with Crippen LogP contribution in [0.25, 0.3) is 0 Å². The lowest BCUT2D eigenvalue weighted by Gasteiger charge is -2.28. The average molecular weight is 373 g/mol. The van der Waals surface area contributed by atoms with E-state index in [1.54, 1.807) is 18.2 Å². The number of carbonyl (C=O) groups excluding carboxylic acids is 1. The number of nitrogens with zero attached hydrogens (tertiary/aromatic N) is 1. The topological polar surface area (TPSA) is 113 Å². The Labute approximate surface area is 146 Å². The summed E-state index contributed by atoms with van der Waals surface area (Å²) in [6.07, 6.45) is -1.07. The number of rotatable bonds is 8. The molecule has 0 amide bonds. The van der Waals surface area contributed by atoms with E-state index in [0.29, 0.717) is 17.1 Å². The van der Waals surface area contributed by atoms with Gasteiger partial charge in [0.2, 0.25) is 0 Å². The molecule has 0 radical (unpaired) electrons. The highest BCUT2D eigenvalue weighted by atomic mass is 32.2. The number of methoxy groups -OCH3 is 2. The summed E-state index contributed by atoms with van der Waals surface area (Å²) in [6, 6.07) is 4.03. The lowest BCUT2D eigenvalue weighted by Crippen LogP contribution is -2.46. The van der Waals surface area contributed by atoms with E-state index in [4.69, 9.17) is 9.47 Å². The summed E-state index contributed by atoms with van der Waals surface area (Å²) in [5, 5.41) is 19.2. The van der Waals surface area contributed by atoms with E-state index in [0.717, 1.165) is 0 Å². The van der Waals surface area contributed by atoms with Crippen molar-refractivity contribution < 1.29 is 32.9 Å². The normalized spacial score (nSPS) is 22.1. The fourth-order valence-electron chi connectivity index (χ4n) is 2.94. The quantitative estimate of drug-likeness (QED) is 0.578. The summed E-state index contributed by atoms with van der Waals surface area (Å²) >= 11 is 0. The molecule has 1 aromatic carbocycles. The maximum atomic E-state index is 12.6. The smallest absolute Gasteiger partial charge is 0.176 e. The number of ether oxygens (including phenoxy) is 2. The van der Waals surface area contributed by atoms with Crippen LogP contribution in [0, 0.1) is 0 Å². The number of ketones is 1. The molecule has 1 aromatic rings. The molecule has 1 aliphatic rings. The van der Waals surface area contributed by atoms with Gasteiger partial charge in [0.05, 0.1) is 51.0 Å². The first-order valence-electron chi connectivity index (χ1n) is 7.80. The molecule has 25 heavy (non-hydrogen) atoms. The first-order chi connectivity index (χ1) is 11.8. The van der Waals surface area contributed by atoms with Crippen molar-refractivity contribution >= 4 is 15.6 Å². The molecule has 1 aliphatic heterocycles. The maximum absolute atomic E-state index is 12.6. The molecule has 2 rings (SSSR count). The lowest BCUT2D eigenvalue weighted by molar-refractivity contribution is 0.0620. The number of Topliss-reactive ketones (excluding diaryl/α,β-unsaturated/α-hetero) is 1. The van der Waals surface area contributed by atoms with Crippen LogP contribution in [0.4, 0.5) is 0 Å². The molecule has 2 N–H and O–H groups in total. The summed E-state index contributed by atoms with van der Waals surface area (Å²) < 4.78 is 33.7. The van der Waals surface area contributed by atoms with E-state index in [9.17, 15) is 23.4 Å². The molecule has 0 aromatic heterocycles. The van der Waals surface area contributed by atoms with Gasteiger partial charge in [-0.2, -0.15) is 0 Å². The second kappa shape index (κ2) is 8.13. The van der Waals surface area contributed by atoms with Gasteiger partial charge in [-0.05, 0) is 18.2 Å². The van der Waals surface area contributed by atoms with Crippen LogP contribution in [-0.4, -0.2) is 86.9 Å². The highest BCUT2D eigenvalue weighted by Gasteiger charge is 2.40. The summed E-state index contributed by atoms with van der Waals surface area (Å²) in [5.74, 6) is 0.0670. The van der Waals surface area contributed by atoms with Crippen molar-refractivity contribution in [1.29, 1.82) is 0 Å². The van der Waals surface area contributed by atoms with Gasteiger partial charge >= 0.3 is 0 Å². The minimum Gasteiger partial charge on any atom is -0.493 e. The molecule has 8 nitrogen and oxygen atoms in total. The Morgan fingerprint density at radius 3 is 2.44 bits per heavy atom. The third-order valence-corrected chi connectivity index (χ3v) is 5.90. The fraction of sp³-hybridized carbons (Fsp3) is 0.562. The molecule has 140 valence electrons. The number of carbonyl (C=O) groups is 1. The molecule has 2 atom stereocenters. The summed E-state index contributed by atoms with van der Waals surface area (Å²) in [6.45, 7) is -0.272. The number of aliphatic hydroxyl groups is 2. The average Bonchev–Trinajstić information content (AvgIpc) is 2.86. The van der Waals surface area contributed by atoms with E-state index < -0.39 is 22.0 Å². The minimum atomic E-state index is -3.35. The fourth-order valence-corrected chi connectivity index (χ4v) is 4.77. The standard InChI is InChI=1S/C16H23NO7S/c1-23-15-4-3-11(7-16(15)24-2)13(19)8-17(5-6-18)12-9-25(21,22)10-14(12)20/h3-4,7,12,14,18,20H,5-6,8-10H2,1-2H3/t12-,14-/m0/s1. The predicted molar refractivity (Wildman–Crippen MR) is 91.0 cm³/mol. The van der Waals surface area contributed by atoms with Crippen molar-refractivity contribution in [3.63, 3.8) is 0 Å². The molecular weight excluding hydrogens is 350 g/mol. The van der Waals surface area contributed by atoms with Crippen molar-refractivity contribution in [2.24, 2.45) is 0 Å². The van der Waals surface area contributed by atoms with Gasteiger partial charge in [0.1, 0.15) is 0 Å². The van der Waals surface area contributed by atoms with E-state index in [1.807, 2.05) is 0 Å². The third kappa shape index (κ3) is 4.69. The molecule has 0 unspecified atom stereocenters. The second-order valence-electron chi connectivity index (χ2n) is 5.90. The number of sulfone groups is 1. The summed E-state index contributed by atoms with van der Waals surface area (Å²) in [5.41, 5.74) is 0.371. The van der Waals surface area contributed by atoms with Crippen LogP contribution in [-0.2, 0) is 9.84 Å². The zero-order valence-electron chi connectivity index (χ0n) is 14.2. The number of hydrogen-bond acceptors (Lipinski definition) is 8. The number of hydrogen-bond donors (Lipinski definition) is 2. The summed E-state index contributed by atoms with van der Waals surface area (Å²) in [7, 11) is -0.397. The zero-order valence-corrected chi connectivity index (χ0v) is 15.0. The van der Waals surface area contributed by atoms with Gasteiger partial charge in [0.15, 0.2) is 27.1 Å². The monoisotopic (exact) mass is 373 g/mol. The Morgan fingerprint density at radius 1 is 1.24 bits per heavy atom. The van der Waals surface area contributed by atoms with Crippen LogP contribution in [0.3, 0.4) is 0 Å². The van der Waals surface area contributed by atoms with Crippen LogP contribution in [0.15, 0.2) is 18.2 Å². The van der Waals surface area contributed by atoms with Gasteiger partial charge < -0.3 is 19.7 Å². The summed E-state index contributed by atoms with van der Waals surface area (Å²) in [4.78, 5) is 14.1. The molecule has 0 spiro atoms. The molecule has 1 saturated heterocycles. The highest BCUT2D eigenvalue weighted by Crippen LogP contribution is 2.28. The van der Waals surface area contributed by atoms with Gasteiger partial charge in [-0.1, -0.05) is 0 Å². The van der Waals surface area contributed by atoms with Crippen LogP contribution in [0.1, 0.15) is 10.4 Å². The SMILES string of the molecule is COc1ccc(C(=O)CN(CCO)[C@H]2CS(=O)(=O)C[C@@H]2O)cc1OC. The maximum Gasteiger partial charge on any atom is 0.176 e. The first kappa shape index (κ1) is 19.6. The van der Waals surface area contributed by atoms with Gasteiger partial charge in [0.25, 0.3) is 0 Å². The van der Waals surface area contributed by atoms with Crippen LogP contribution >= 0.6 is 0 Å². The molecule has 1 heterocycles. The molecule has 0 saturated carbocycles. The third-order valence-electron chi connectivity index (χ3n) is 4.20. The van der Waals surface area contributed by atoms with Crippen molar-refractivity contribution in [1.82, 2.24) is 4.90 Å². The van der Waals surface area contributed by atoms with Gasteiger partial charge in [-0.25, -0.2) is 8.42 Å². The van der Waals surface area contributed by atoms with E-state index in [-0.39, 0.29) is 37.0 Å². The van der Waals surface area contributed by atoms with E-state index in [2.05, 4.69) is 0 Å². The van der Waals surface area contributed by atoms with Crippen LogP contribution < -0.4 is 9.47 Å². The van der Waals surface area contributed by atoms with E-state index >= 15 is 0 Å². The van der Waals surface area contributed by atoms with Crippen molar-refractivity contribution in [3.05, 3.63) is 23.8 Å². The van der Waals surface area contributed by atoms with Crippen LogP contribution in [0.5, 0.6) is 11.5 Å². The lowest BCUT2D eigenvalue weighted by atomic mass is 10.1. The Balaban J connectivity index is 2.18.